The molecule has 0 amide bonds. The van der Waals surface area contributed by atoms with Gasteiger partial charge < -0.3 is 0 Å². The summed E-state index contributed by atoms with van der Waals surface area (Å²) in [5.41, 5.74) is 3.04. The Morgan fingerprint density at radius 1 is 0.923 bits per heavy atom. The van der Waals surface area contributed by atoms with Crippen LogP contribution in [0.2, 0.25) is 0 Å². The Morgan fingerprint density at radius 3 is 1.69 bits per heavy atom. The molecule has 0 spiro atoms. The SMILES string of the molecule is C[C]1=C2CCCCC2=[C](C)[Ge]1([Cl])[Cl]. The normalized spacial score (nSPS) is 26.8. The summed E-state index contributed by atoms with van der Waals surface area (Å²) < 4.78 is 2.71. The van der Waals surface area contributed by atoms with Gasteiger partial charge in [-0.15, -0.1) is 0 Å². The van der Waals surface area contributed by atoms with E-state index >= 15 is 0 Å². The first kappa shape index (κ1) is 10.1. The van der Waals surface area contributed by atoms with E-state index in [0.29, 0.717) is 0 Å². The topological polar surface area (TPSA) is 0 Å². The molecule has 0 atom stereocenters. The molecule has 1 aliphatic carbocycles. The quantitative estimate of drug-likeness (QED) is 0.582. The summed E-state index contributed by atoms with van der Waals surface area (Å²) in [6, 6.07) is 0. The van der Waals surface area contributed by atoms with Crippen LogP contribution in [-0.2, 0) is 0 Å². The van der Waals surface area contributed by atoms with E-state index in [9.17, 15) is 0 Å². The Balaban J connectivity index is 2.51. The maximum atomic E-state index is 6.48. The third-order valence-corrected chi connectivity index (χ3v) is 14.4. The van der Waals surface area contributed by atoms with Crippen LogP contribution >= 0.6 is 20.0 Å². The second kappa shape index (κ2) is 3.32. The molecule has 1 aliphatic heterocycles. The molecule has 0 N–H and O–H groups in total. The van der Waals surface area contributed by atoms with Crippen molar-refractivity contribution in [3.05, 3.63) is 20.0 Å². The van der Waals surface area contributed by atoms with Gasteiger partial charge in [0.15, 0.2) is 0 Å². The molecule has 0 unspecified atom stereocenters. The molecule has 3 heteroatoms. The third-order valence-electron chi connectivity index (χ3n) is 3.32. The molecule has 2 rings (SSSR count). The van der Waals surface area contributed by atoms with Crippen LogP contribution in [0.5, 0.6) is 0 Å². The van der Waals surface area contributed by atoms with Crippen LogP contribution in [0.25, 0.3) is 0 Å². The van der Waals surface area contributed by atoms with Crippen molar-refractivity contribution in [3.8, 4) is 0 Å². The van der Waals surface area contributed by atoms with Crippen molar-refractivity contribution in [1.29, 1.82) is 0 Å². The van der Waals surface area contributed by atoms with Crippen molar-refractivity contribution in [1.82, 2.24) is 0 Å². The van der Waals surface area contributed by atoms with Crippen molar-refractivity contribution in [2.75, 3.05) is 0 Å². The fraction of sp³-hybridized carbons (Fsp3) is 0.600. The van der Waals surface area contributed by atoms with Gasteiger partial charge in [-0.05, 0) is 0 Å². The first-order valence-corrected chi connectivity index (χ1v) is 12.4. The molecule has 0 saturated heterocycles. The Morgan fingerprint density at radius 2 is 1.31 bits per heavy atom. The molecule has 0 bridgehead atoms. The molecule has 0 aromatic rings. The van der Waals surface area contributed by atoms with Gasteiger partial charge in [0.25, 0.3) is 0 Å². The number of rotatable bonds is 0. The molecule has 0 aromatic carbocycles. The molecule has 0 nitrogen and oxygen atoms in total. The number of hydrogen-bond donors (Lipinski definition) is 0. The average Bonchev–Trinajstić information content (AvgIpc) is 2.30. The average molecular weight is 278 g/mol. The number of halogens is 2. The van der Waals surface area contributed by atoms with Crippen LogP contribution in [0.15, 0.2) is 20.0 Å². The number of hydrogen-bond acceptors (Lipinski definition) is 0. The molecule has 0 radical (unpaired) electrons. The summed E-state index contributed by atoms with van der Waals surface area (Å²) in [5.74, 6) is 0. The van der Waals surface area contributed by atoms with Crippen molar-refractivity contribution in [2.45, 2.75) is 39.5 Å². The molecule has 0 aromatic heterocycles. The van der Waals surface area contributed by atoms with Gasteiger partial charge in [0.2, 0.25) is 0 Å². The predicted molar refractivity (Wildman–Crippen MR) is 61.3 cm³/mol. The summed E-state index contributed by atoms with van der Waals surface area (Å²) in [7, 11) is 13.0. The van der Waals surface area contributed by atoms with E-state index in [-0.39, 0.29) is 0 Å². The molecule has 2 aliphatic rings. The van der Waals surface area contributed by atoms with Gasteiger partial charge in [-0.3, -0.25) is 0 Å². The first-order valence-electron chi connectivity index (χ1n) is 4.84. The van der Waals surface area contributed by atoms with E-state index in [4.69, 9.17) is 20.0 Å². The predicted octanol–water partition coefficient (Wildman–Crippen LogP) is 4.21. The second-order valence-corrected chi connectivity index (χ2v) is 16.4. The Labute approximate surface area is 90.7 Å². The summed E-state index contributed by atoms with van der Waals surface area (Å²) in [6.45, 7) is 4.30. The van der Waals surface area contributed by atoms with Gasteiger partial charge in [-0.25, -0.2) is 0 Å². The molecule has 1 fully saturated rings. The zero-order chi connectivity index (χ0) is 9.64. The zero-order valence-corrected chi connectivity index (χ0v) is 11.7. The van der Waals surface area contributed by atoms with Gasteiger partial charge >= 0.3 is 90.9 Å². The Bertz CT molecular complexity index is 283. The van der Waals surface area contributed by atoms with Gasteiger partial charge in [0.1, 0.15) is 0 Å². The van der Waals surface area contributed by atoms with Crippen LogP contribution in [0.3, 0.4) is 0 Å². The van der Waals surface area contributed by atoms with Crippen LogP contribution < -0.4 is 0 Å². The van der Waals surface area contributed by atoms with E-state index in [0.717, 1.165) is 0 Å². The Hall–Kier alpha value is 0.603. The number of fused-ring (bicyclic) bond motifs is 1. The summed E-state index contributed by atoms with van der Waals surface area (Å²) >= 11 is -2.69. The molecular formula is C10H14Cl2Ge. The van der Waals surface area contributed by atoms with Gasteiger partial charge in [-0.1, -0.05) is 0 Å². The Kier molecular flexibility index (Phi) is 2.59. The van der Waals surface area contributed by atoms with Crippen molar-refractivity contribution in [3.63, 3.8) is 0 Å². The fourth-order valence-corrected chi connectivity index (χ4v) is 8.69. The monoisotopic (exact) mass is 278 g/mol. The summed E-state index contributed by atoms with van der Waals surface area (Å²) in [4.78, 5) is 0. The fourth-order valence-electron chi connectivity index (χ4n) is 2.39. The molecular weight excluding hydrogens is 264 g/mol. The van der Waals surface area contributed by atoms with Crippen molar-refractivity contribution < 1.29 is 0 Å². The van der Waals surface area contributed by atoms with E-state index in [2.05, 4.69) is 13.8 Å². The van der Waals surface area contributed by atoms with Gasteiger partial charge in [0, 0.05) is 0 Å². The minimum atomic E-state index is -2.69. The van der Waals surface area contributed by atoms with E-state index in [1.807, 2.05) is 0 Å². The van der Waals surface area contributed by atoms with E-state index < -0.39 is 11.4 Å². The second-order valence-electron chi connectivity index (χ2n) is 3.99. The van der Waals surface area contributed by atoms with E-state index in [1.54, 1.807) is 0 Å². The van der Waals surface area contributed by atoms with Gasteiger partial charge in [0.05, 0.1) is 0 Å². The minimum absolute atomic E-state index is 1.21. The van der Waals surface area contributed by atoms with Crippen molar-refractivity contribution >= 4 is 31.4 Å². The molecule has 1 heterocycles. The van der Waals surface area contributed by atoms with Crippen LogP contribution in [0.4, 0.5) is 0 Å². The van der Waals surface area contributed by atoms with Crippen LogP contribution in [0.1, 0.15) is 39.5 Å². The maximum absolute atomic E-state index is 6.48. The standard InChI is InChI=1S/C10H14Cl2Ge/c1-7-9-5-3-4-6-10(9)8(2)13(7,11)12/h3-6H2,1-2H3. The van der Waals surface area contributed by atoms with Crippen LogP contribution in [0, 0.1) is 0 Å². The third kappa shape index (κ3) is 1.42. The van der Waals surface area contributed by atoms with E-state index in [1.165, 1.54) is 45.6 Å². The number of allylic oxidation sites excluding steroid dienone is 4. The molecule has 1 saturated carbocycles. The zero-order valence-electron chi connectivity index (χ0n) is 8.08. The summed E-state index contributed by atoms with van der Waals surface area (Å²) in [6.07, 6.45) is 5.06. The van der Waals surface area contributed by atoms with Gasteiger partial charge in [-0.2, -0.15) is 0 Å². The van der Waals surface area contributed by atoms with Crippen molar-refractivity contribution in [2.24, 2.45) is 0 Å². The van der Waals surface area contributed by atoms with Crippen LogP contribution in [-0.4, -0.2) is 11.4 Å². The molecule has 13 heavy (non-hydrogen) atoms. The summed E-state index contributed by atoms with van der Waals surface area (Å²) in [5, 5.41) is 0. The molecule has 72 valence electrons. The first-order chi connectivity index (χ1) is 6.05.